The maximum Gasteiger partial charge on any atom is 0.427 e. The predicted molar refractivity (Wildman–Crippen MR) is 67.7 cm³/mol. The minimum absolute atomic E-state index is 0.0804. The first kappa shape index (κ1) is 12.9. The first-order valence-corrected chi connectivity index (χ1v) is 5.59. The van der Waals surface area contributed by atoms with Crippen LogP contribution in [0.5, 0.6) is 0 Å². The highest BCUT2D eigenvalue weighted by Crippen LogP contribution is 2.29. The standard InChI is InChI=1S/C12H8ClN3O3/c13-8-2-1-3-9-10(8)7(4-5-14)6-16(9)12(18)19-11(15)17/h1-3,6H,4H2,(H2,15,17). The molecule has 0 fully saturated rings. The van der Waals surface area contributed by atoms with Gasteiger partial charge in [0.15, 0.2) is 0 Å². The molecule has 1 aromatic carbocycles. The first-order valence-electron chi connectivity index (χ1n) is 5.21. The molecule has 0 radical (unpaired) electrons. The second-order valence-corrected chi connectivity index (χ2v) is 4.09. The van der Waals surface area contributed by atoms with E-state index in [9.17, 15) is 9.59 Å². The quantitative estimate of drug-likeness (QED) is 0.809. The van der Waals surface area contributed by atoms with Crippen molar-refractivity contribution in [1.82, 2.24) is 4.57 Å². The van der Waals surface area contributed by atoms with E-state index >= 15 is 0 Å². The Morgan fingerprint density at radius 1 is 1.47 bits per heavy atom. The lowest BCUT2D eigenvalue weighted by Gasteiger charge is -2.02. The van der Waals surface area contributed by atoms with Gasteiger partial charge in [-0.1, -0.05) is 17.7 Å². The Morgan fingerprint density at radius 2 is 2.21 bits per heavy atom. The monoisotopic (exact) mass is 277 g/mol. The highest BCUT2D eigenvalue weighted by atomic mass is 35.5. The maximum atomic E-state index is 11.7. The van der Waals surface area contributed by atoms with E-state index in [1.165, 1.54) is 6.20 Å². The molecule has 0 aliphatic heterocycles. The molecule has 0 aliphatic rings. The van der Waals surface area contributed by atoms with Crippen LogP contribution in [0.4, 0.5) is 9.59 Å². The summed E-state index contributed by atoms with van der Waals surface area (Å²) in [6.45, 7) is 0. The van der Waals surface area contributed by atoms with Crippen molar-refractivity contribution in [3.63, 3.8) is 0 Å². The number of carbonyl (C=O) groups is 2. The summed E-state index contributed by atoms with van der Waals surface area (Å²) in [6.07, 6.45) is -0.651. The summed E-state index contributed by atoms with van der Waals surface area (Å²) < 4.78 is 5.41. The van der Waals surface area contributed by atoms with Crippen molar-refractivity contribution in [2.75, 3.05) is 0 Å². The lowest BCUT2D eigenvalue weighted by atomic mass is 10.1. The third-order valence-corrected chi connectivity index (χ3v) is 2.83. The molecule has 0 spiro atoms. The summed E-state index contributed by atoms with van der Waals surface area (Å²) in [5.74, 6) is 0. The van der Waals surface area contributed by atoms with Crippen LogP contribution in [0.25, 0.3) is 10.9 Å². The molecule has 0 saturated heterocycles. The highest BCUT2D eigenvalue weighted by molar-refractivity contribution is 6.35. The fraction of sp³-hybridized carbons (Fsp3) is 0.0833. The van der Waals surface area contributed by atoms with Crippen LogP contribution in [0.1, 0.15) is 5.56 Å². The number of halogens is 1. The molecule has 19 heavy (non-hydrogen) atoms. The SMILES string of the molecule is N#CCc1cn(C(=O)OC(N)=O)c2cccc(Cl)c12. The molecule has 96 valence electrons. The molecule has 1 amide bonds. The van der Waals surface area contributed by atoms with E-state index in [2.05, 4.69) is 4.74 Å². The van der Waals surface area contributed by atoms with Gasteiger partial charge in [-0.25, -0.2) is 9.59 Å². The Balaban J connectivity index is 2.63. The third-order valence-electron chi connectivity index (χ3n) is 2.51. The zero-order valence-corrected chi connectivity index (χ0v) is 10.3. The minimum Gasteiger partial charge on any atom is -0.359 e. The molecule has 0 atom stereocenters. The molecule has 0 aliphatic carbocycles. The van der Waals surface area contributed by atoms with E-state index in [1.54, 1.807) is 18.2 Å². The summed E-state index contributed by atoms with van der Waals surface area (Å²) in [7, 11) is 0. The molecule has 7 heteroatoms. The number of hydrogen-bond donors (Lipinski definition) is 1. The Morgan fingerprint density at radius 3 is 2.84 bits per heavy atom. The molecule has 0 unspecified atom stereocenters. The minimum atomic E-state index is -1.20. The van der Waals surface area contributed by atoms with Crippen molar-refractivity contribution < 1.29 is 14.3 Å². The highest BCUT2D eigenvalue weighted by Gasteiger charge is 2.17. The zero-order valence-electron chi connectivity index (χ0n) is 9.59. The molecule has 1 heterocycles. The van der Waals surface area contributed by atoms with Crippen LogP contribution in [-0.4, -0.2) is 16.8 Å². The van der Waals surface area contributed by atoms with Gasteiger partial charge in [0.05, 0.1) is 23.0 Å². The van der Waals surface area contributed by atoms with Crippen LogP contribution in [0.2, 0.25) is 5.02 Å². The molecular formula is C12H8ClN3O3. The first-order chi connectivity index (χ1) is 9.04. The Labute approximate surface area is 112 Å². The molecule has 0 saturated carbocycles. The second-order valence-electron chi connectivity index (χ2n) is 3.68. The number of primary amides is 1. The van der Waals surface area contributed by atoms with Crippen molar-refractivity contribution in [3.05, 3.63) is 35.0 Å². The molecule has 6 nitrogen and oxygen atoms in total. The van der Waals surface area contributed by atoms with Crippen molar-refractivity contribution in [3.8, 4) is 6.07 Å². The number of carbonyl (C=O) groups excluding carboxylic acids is 2. The largest absolute Gasteiger partial charge is 0.427 e. The van der Waals surface area contributed by atoms with Crippen LogP contribution >= 0.6 is 11.6 Å². The van der Waals surface area contributed by atoms with Crippen molar-refractivity contribution in [2.45, 2.75) is 6.42 Å². The van der Waals surface area contributed by atoms with E-state index in [0.717, 1.165) is 4.57 Å². The summed E-state index contributed by atoms with van der Waals surface area (Å²) in [5, 5.41) is 9.76. The Hall–Kier alpha value is -2.52. The van der Waals surface area contributed by atoms with Crippen molar-refractivity contribution in [1.29, 1.82) is 5.26 Å². The maximum absolute atomic E-state index is 11.7. The summed E-state index contributed by atoms with van der Waals surface area (Å²) in [4.78, 5) is 22.3. The zero-order chi connectivity index (χ0) is 14.0. The molecule has 2 aromatic rings. The lowest BCUT2D eigenvalue weighted by Crippen LogP contribution is -2.22. The normalized spacial score (nSPS) is 10.1. The van der Waals surface area contributed by atoms with Gasteiger partial charge >= 0.3 is 12.2 Å². The van der Waals surface area contributed by atoms with Gasteiger partial charge < -0.3 is 10.5 Å². The van der Waals surface area contributed by atoms with Crippen LogP contribution in [0.3, 0.4) is 0 Å². The fourth-order valence-corrected chi connectivity index (χ4v) is 2.12. The van der Waals surface area contributed by atoms with Gasteiger partial charge in [-0.2, -0.15) is 5.26 Å². The fourth-order valence-electron chi connectivity index (χ4n) is 1.83. The van der Waals surface area contributed by atoms with Gasteiger partial charge in [-0.05, 0) is 17.7 Å². The topological polar surface area (TPSA) is 98.1 Å². The molecular weight excluding hydrogens is 270 g/mol. The van der Waals surface area contributed by atoms with Gasteiger partial charge in [-0.15, -0.1) is 0 Å². The van der Waals surface area contributed by atoms with E-state index in [4.69, 9.17) is 22.6 Å². The van der Waals surface area contributed by atoms with E-state index in [-0.39, 0.29) is 6.42 Å². The van der Waals surface area contributed by atoms with Gasteiger partial charge in [0.25, 0.3) is 0 Å². The summed E-state index contributed by atoms with van der Waals surface area (Å²) in [5.41, 5.74) is 5.82. The average molecular weight is 278 g/mol. The van der Waals surface area contributed by atoms with Gasteiger partial charge in [0, 0.05) is 11.6 Å². The van der Waals surface area contributed by atoms with Gasteiger partial charge in [0.1, 0.15) is 0 Å². The smallest absolute Gasteiger partial charge is 0.359 e. The predicted octanol–water partition coefficient (Wildman–Crippen LogP) is 2.42. The van der Waals surface area contributed by atoms with E-state index in [1.807, 2.05) is 6.07 Å². The number of aromatic nitrogens is 1. The molecule has 1 aromatic heterocycles. The number of rotatable bonds is 1. The van der Waals surface area contributed by atoms with Crippen LogP contribution in [0.15, 0.2) is 24.4 Å². The van der Waals surface area contributed by atoms with Crippen LogP contribution in [-0.2, 0) is 11.2 Å². The van der Waals surface area contributed by atoms with Gasteiger partial charge in [-0.3, -0.25) is 4.57 Å². The number of fused-ring (bicyclic) bond motifs is 1. The molecule has 2 N–H and O–H groups in total. The van der Waals surface area contributed by atoms with Crippen LogP contribution < -0.4 is 5.73 Å². The molecule has 0 bridgehead atoms. The van der Waals surface area contributed by atoms with Crippen LogP contribution in [0, 0.1) is 11.3 Å². The van der Waals surface area contributed by atoms with Gasteiger partial charge in [0.2, 0.25) is 0 Å². The second kappa shape index (κ2) is 5.00. The van der Waals surface area contributed by atoms with E-state index in [0.29, 0.717) is 21.5 Å². The number of nitrogens with zero attached hydrogens (tertiary/aromatic N) is 2. The average Bonchev–Trinajstić information content (AvgIpc) is 2.69. The number of benzene rings is 1. The lowest BCUT2D eigenvalue weighted by molar-refractivity contribution is 0.159. The van der Waals surface area contributed by atoms with E-state index < -0.39 is 12.2 Å². The Kier molecular flexibility index (Phi) is 3.40. The third kappa shape index (κ3) is 2.37. The number of nitrogens with two attached hydrogens (primary N) is 1. The number of amides is 1. The van der Waals surface area contributed by atoms with Crippen molar-refractivity contribution in [2.24, 2.45) is 5.73 Å². The molecule has 2 rings (SSSR count). The number of nitriles is 1. The summed E-state index contributed by atoms with van der Waals surface area (Å²) >= 11 is 6.06. The summed E-state index contributed by atoms with van der Waals surface area (Å²) in [6, 6.07) is 6.91. The number of hydrogen-bond acceptors (Lipinski definition) is 4. The number of ether oxygens (including phenoxy) is 1. The van der Waals surface area contributed by atoms with Crippen molar-refractivity contribution >= 4 is 34.7 Å². The Bertz CT molecular complexity index is 715.